The predicted octanol–water partition coefficient (Wildman–Crippen LogP) is 4.08. The fourth-order valence-electron chi connectivity index (χ4n) is 1.68. The summed E-state index contributed by atoms with van der Waals surface area (Å²) in [6.45, 7) is 2.46. The van der Waals surface area contributed by atoms with Gasteiger partial charge < -0.3 is 4.74 Å². The molecule has 1 aromatic carbocycles. The molecule has 1 heterocycles. The summed E-state index contributed by atoms with van der Waals surface area (Å²) in [6.07, 6.45) is 3.03. The van der Waals surface area contributed by atoms with Gasteiger partial charge in [-0.15, -0.1) is 0 Å². The van der Waals surface area contributed by atoms with Crippen LogP contribution in [0, 0.1) is 0 Å². The van der Waals surface area contributed by atoms with Gasteiger partial charge in [-0.3, -0.25) is 10.4 Å². The molecule has 0 bridgehead atoms. The van der Waals surface area contributed by atoms with E-state index in [1.807, 2.05) is 19.1 Å². The molecule has 2 rings (SSSR count). The van der Waals surface area contributed by atoms with Crippen LogP contribution in [-0.2, 0) is 4.74 Å². The van der Waals surface area contributed by atoms with Crippen LogP contribution in [0.3, 0.4) is 0 Å². The Balaban J connectivity index is 2.00. The third-order valence-corrected chi connectivity index (χ3v) is 3.05. The zero-order valence-corrected chi connectivity index (χ0v) is 11.9. The largest absolute Gasteiger partial charge is 0.449 e. The van der Waals surface area contributed by atoms with Gasteiger partial charge in [0.15, 0.2) is 0 Å². The average molecular weight is 294 g/mol. The number of H-pyrrole nitrogens is 1. The average Bonchev–Trinajstić information content (AvgIpc) is 2.93. The Morgan fingerprint density at radius 2 is 2.30 bits per heavy atom. The van der Waals surface area contributed by atoms with E-state index in [-0.39, 0.29) is 0 Å². The number of carbonyl (C=O) groups is 1. The van der Waals surface area contributed by atoms with Crippen LogP contribution in [0.4, 0.5) is 10.5 Å². The first-order chi connectivity index (χ1) is 9.70. The van der Waals surface area contributed by atoms with Crippen LogP contribution >= 0.6 is 11.6 Å². The number of hydrogen-bond donors (Lipinski definition) is 2. The van der Waals surface area contributed by atoms with Crippen LogP contribution in [0.25, 0.3) is 11.3 Å². The molecule has 106 valence electrons. The third kappa shape index (κ3) is 3.74. The Labute approximate surface area is 122 Å². The number of benzene rings is 1. The molecule has 2 aromatic rings. The van der Waals surface area contributed by atoms with Gasteiger partial charge in [-0.25, -0.2) is 4.79 Å². The van der Waals surface area contributed by atoms with Gasteiger partial charge in [0.2, 0.25) is 0 Å². The molecule has 2 N–H and O–H groups in total. The second kappa shape index (κ2) is 6.96. The molecule has 1 amide bonds. The number of nitrogens with one attached hydrogen (secondary N) is 2. The van der Waals surface area contributed by atoms with E-state index in [0.29, 0.717) is 17.3 Å². The number of rotatable bonds is 5. The second-order valence-electron chi connectivity index (χ2n) is 4.28. The Kier molecular flexibility index (Phi) is 5.01. The van der Waals surface area contributed by atoms with Crippen molar-refractivity contribution in [3.63, 3.8) is 0 Å². The van der Waals surface area contributed by atoms with Crippen molar-refractivity contribution in [1.29, 1.82) is 0 Å². The highest BCUT2D eigenvalue weighted by atomic mass is 35.5. The lowest BCUT2D eigenvalue weighted by molar-refractivity contribution is 0.160. The highest BCUT2D eigenvalue weighted by molar-refractivity contribution is 6.33. The number of carbonyl (C=O) groups excluding carboxylic acids is 1. The first-order valence-electron chi connectivity index (χ1n) is 6.43. The second-order valence-corrected chi connectivity index (χ2v) is 4.69. The molecule has 6 heteroatoms. The van der Waals surface area contributed by atoms with E-state index in [1.165, 1.54) is 0 Å². The minimum atomic E-state index is -0.469. The molecule has 1 aromatic heterocycles. The molecule has 5 nitrogen and oxygen atoms in total. The summed E-state index contributed by atoms with van der Waals surface area (Å²) in [5.74, 6) is 0. The van der Waals surface area contributed by atoms with Crippen molar-refractivity contribution in [2.24, 2.45) is 0 Å². The Hall–Kier alpha value is -2.01. The maximum absolute atomic E-state index is 11.5. The molecular formula is C14H16ClN3O2. The fourth-order valence-corrected chi connectivity index (χ4v) is 1.96. The first-order valence-corrected chi connectivity index (χ1v) is 6.81. The number of unbranched alkanes of at least 4 members (excludes halogenated alkanes) is 1. The lowest BCUT2D eigenvalue weighted by Gasteiger charge is -2.08. The normalized spacial score (nSPS) is 10.3. The maximum atomic E-state index is 11.5. The van der Waals surface area contributed by atoms with Crippen LogP contribution in [0.5, 0.6) is 0 Å². The summed E-state index contributed by atoms with van der Waals surface area (Å²) < 4.78 is 5.02. The van der Waals surface area contributed by atoms with Crippen molar-refractivity contribution < 1.29 is 9.53 Å². The van der Waals surface area contributed by atoms with Crippen molar-refractivity contribution in [2.45, 2.75) is 19.8 Å². The lowest BCUT2D eigenvalue weighted by atomic mass is 10.1. The minimum Gasteiger partial charge on any atom is -0.449 e. The molecule has 0 radical (unpaired) electrons. The van der Waals surface area contributed by atoms with Gasteiger partial charge in [0.05, 0.1) is 17.3 Å². The zero-order valence-electron chi connectivity index (χ0n) is 11.1. The van der Waals surface area contributed by atoms with Crippen LogP contribution in [0.15, 0.2) is 30.5 Å². The molecule has 0 aliphatic carbocycles. The van der Waals surface area contributed by atoms with Crippen LogP contribution in [0.2, 0.25) is 5.02 Å². The lowest BCUT2D eigenvalue weighted by Crippen LogP contribution is -2.14. The maximum Gasteiger partial charge on any atom is 0.411 e. The monoisotopic (exact) mass is 293 g/mol. The molecule has 0 fully saturated rings. The van der Waals surface area contributed by atoms with E-state index in [1.54, 1.807) is 18.3 Å². The highest BCUT2D eigenvalue weighted by Crippen LogP contribution is 2.28. The van der Waals surface area contributed by atoms with Gasteiger partial charge in [-0.1, -0.05) is 24.9 Å². The summed E-state index contributed by atoms with van der Waals surface area (Å²) >= 11 is 6.19. The molecule has 0 atom stereocenters. The first kappa shape index (κ1) is 14.4. The number of aromatic amines is 1. The molecule has 0 aliphatic heterocycles. The number of amides is 1. The topological polar surface area (TPSA) is 67.0 Å². The van der Waals surface area contributed by atoms with Gasteiger partial charge >= 0.3 is 6.09 Å². The highest BCUT2D eigenvalue weighted by Gasteiger charge is 2.08. The number of ether oxygens (including phenoxy) is 1. The SMILES string of the molecule is CCCCOC(=O)Nc1ccc(-c2ccn[nH]2)c(Cl)c1. The van der Waals surface area contributed by atoms with Crippen molar-refractivity contribution >= 4 is 23.4 Å². The molecule has 0 unspecified atom stereocenters. The van der Waals surface area contributed by atoms with E-state index in [0.717, 1.165) is 24.1 Å². The summed E-state index contributed by atoms with van der Waals surface area (Å²) in [4.78, 5) is 11.5. The molecule has 0 saturated carbocycles. The van der Waals surface area contributed by atoms with Crippen molar-refractivity contribution in [3.05, 3.63) is 35.5 Å². The quantitative estimate of drug-likeness (QED) is 0.816. The minimum absolute atomic E-state index is 0.419. The summed E-state index contributed by atoms with van der Waals surface area (Å²) in [6, 6.07) is 7.09. The molecular weight excluding hydrogens is 278 g/mol. The molecule has 0 aliphatic rings. The smallest absolute Gasteiger partial charge is 0.411 e. The van der Waals surface area contributed by atoms with Crippen LogP contribution in [-0.4, -0.2) is 22.9 Å². The zero-order chi connectivity index (χ0) is 14.4. The Morgan fingerprint density at radius 3 is 2.95 bits per heavy atom. The van der Waals surface area contributed by atoms with E-state index in [9.17, 15) is 4.79 Å². The number of aromatic nitrogens is 2. The van der Waals surface area contributed by atoms with Crippen molar-refractivity contribution in [3.8, 4) is 11.3 Å². The van der Waals surface area contributed by atoms with Crippen LogP contribution in [0.1, 0.15) is 19.8 Å². The van der Waals surface area contributed by atoms with Crippen molar-refractivity contribution in [2.75, 3.05) is 11.9 Å². The standard InChI is InChI=1S/C14H16ClN3O2/c1-2-3-8-20-14(19)17-10-4-5-11(12(15)9-10)13-6-7-16-18-13/h4-7,9H,2-3,8H2,1H3,(H,16,18)(H,17,19). The summed E-state index contributed by atoms with van der Waals surface area (Å²) in [7, 11) is 0. The van der Waals surface area contributed by atoms with Gasteiger partial charge in [0, 0.05) is 17.4 Å². The number of halogens is 1. The van der Waals surface area contributed by atoms with Gasteiger partial charge in [-0.05, 0) is 30.7 Å². The Morgan fingerprint density at radius 1 is 1.45 bits per heavy atom. The number of anilines is 1. The number of hydrogen-bond acceptors (Lipinski definition) is 3. The predicted molar refractivity (Wildman–Crippen MR) is 78.9 cm³/mol. The summed E-state index contributed by atoms with van der Waals surface area (Å²) in [5, 5.41) is 9.89. The van der Waals surface area contributed by atoms with E-state index >= 15 is 0 Å². The van der Waals surface area contributed by atoms with E-state index < -0.39 is 6.09 Å². The molecule has 20 heavy (non-hydrogen) atoms. The fraction of sp³-hybridized carbons (Fsp3) is 0.286. The van der Waals surface area contributed by atoms with Gasteiger partial charge in [-0.2, -0.15) is 5.10 Å². The Bertz CT molecular complexity index is 570. The van der Waals surface area contributed by atoms with Crippen LogP contribution < -0.4 is 5.32 Å². The third-order valence-electron chi connectivity index (χ3n) is 2.74. The van der Waals surface area contributed by atoms with Crippen molar-refractivity contribution in [1.82, 2.24) is 10.2 Å². The number of nitrogens with zero attached hydrogens (tertiary/aromatic N) is 1. The summed E-state index contributed by atoms with van der Waals surface area (Å²) in [5.41, 5.74) is 2.25. The van der Waals surface area contributed by atoms with Gasteiger partial charge in [0.25, 0.3) is 0 Å². The molecule has 0 spiro atoms. The van der Waals surface area contributed by atoms with E-state index in [4.69, 9.17) is 16.3 Å². The van der Waals surface area contributed by atoms with Gasteiger partial charge in [0.1, 0.15) is 0 Å². The molecule has 0 saturated heterocycles. The van der Waals surface area contributed by atoms with E-state index in [2.05, 4.69) is 15.5 Å².